The van der Waals surface area contributed by atoms with Gasteiger partial charge in [-0.2, -0.15) is 0 Å². The molecule has 0 spiro atoms. The zero-order chi connectivity index (χ0) is 15.6. The van der Waals surface area contributed by atoms with Crippen LogP contribution in [0.4, 0.5) is 5.82 Å². The van der Waals surface area contributed by atoms with Crippen LogP contribution in [0.25, 0.3) is 0 Å². The molecule has 0 aliphatic carbocycles. The molecule has 2 aromatic rings. The molecule has 0 amide bonds. The van der Waals surface area contributed by atoms with Crippen LogP contribution >= 0.6 is 0 Å². The lowest BCUT2D eigenvalue weighted by atomic mass is 10.1. The molecule has 0 saturated heterocycles. The van der Waals surface area contributed by atoms with Gasteiger partial charge in [0.05, 0.1) is 0 Å². The van der Waals surface area contributed by atoms with Crippen molar-refractivity contribution in [1.82, 2.24) is 9.55 Å². The second-order valence-corrected chi connectivity index (χ2v) is 6.11. The lowest BCUT2D eigenvalue weighted by molar-refractivity contribution is 0.367. The summed E-state index contributed by atoms with van der Waals surface area (Å²) in [5.41, 5.74) is -0.182. The van der Waals surface area contributed by atoms with Crippen molar-refractivity contribution >= 4 is 5.82 Å². The number of hydrogen-bond donors (Lipinski definition) is 2. The molecular formula is C16H21N3O2. The summed E-state index contributed by atoms with van der Waals surface area (Å²) < 4.78 is 1.21. The third-order valence-electron chi connectivity index (χ3n) is 3.28. The predicted octanol–water partition coefficient (Wildman–Crippen LogP) is 2.46. The van der Waals surface area contributed by atoms with Crippen molar-refractivity contribution in [2.75, 3.05) is 5.32 Å². The van der Waals surface area contributed by atoms with E-state index in [9.17, 15) is 9.59 Å². The summed E-state index contributed by atoms with van der Waals surface area (Å²) in [6, 6.07) is 11.3. The Morgan fingerprint density at radius 1 is 1.14 bits per heavy atom. The number of hydrogen-bond acceptors (Lipinski definition) is 3. The normalized spacial score (nSPS) is 13.0. The molecule has 2 rings (SSSR count). The zero-order valence-corrected chi connectivity index (χ0v) is 12.8. The molecule has 0 aliphatic rings. The minimum Gasteiger partial charge on any atom is -0.365 e. The molecule has 1 atom stereocenters. The SMILES string of the molecule is C[C@H](Nc1cc(=O)n(C(C)(C)C)c(=O)[nH]1)c1ccccc1. The van der Waals surface area contributed by atoms with Gasteiger partial charge >= 0.3 is 5.69 Å². The van der Waals surface area contributed by atoms with Gasteiger partial charge in [-0.25, -0.2) is 4.79 Å². The molecule has 5 heteroatoms. The monoisotopic (exact) mass is 287 g/mol. The summed E-state index contributed by atoms with van der Waals surface area (Å²) in [4.78, 5) is 26.9. The Bertz CT molecular complexity index is 692. The third-order valence-corrected chi connectivity index (χ3v) is 3.28. The number of aromatic nitrogens is 2. The molecule has 0 unspecified atom stereocenters. The fourth-order valence-electron chi connectivity index (χ4n) is 2.27. The zero-order valence-electron chi connectivity index (χ0n) is 12.8. The van der Waals surface area contributed by atoms with Crippen LogP contribution < -0.4 is 16.6 Å². The number of nitrogens with one attached hydrogen (secondary N) is 2. The fourth-order valence-corrected chi connectivity index (χ4v) is 2.27. The average Bonchev–Trinajstić information content (AvgIpc) is 2.37. The third kappa shape index (κ3) is 3.42. The quantitative estimate of drug-likeness (QED) is 0.911. The van der Waals surface area contributed by atoms with Crippen molar-refractivity contribution in [2.45, 2.75) is 39.3 Å². The molecule has 2 N–H and O–H groups in total. The summed E-state index contributed by atoms with van der Waals surface area (Å²) in [6.45, 7) is 7.44. The van der Waals surface area contributed by atoms with Crippen molar-refractivity contribution in [2.24, 2.45) is 0 Å². The van der Waals surface area contributed by atoms with Crippen molar-refractivity contribution in [3.63, 3.8) is 0 Å². The van der Waals surface area contributed by atoms with Crippen molar-refractivity contribution in [3.8, 4) is 0 Å². The molecule has 1 aromatic carbocycles. The first-order chi connectivity index (χ1) is 9.79. The van der Waals surface area contributed by atoms with E-state index in [0.717, 1.165) is 5.56 Å². The van der Waals surface area contributed by atoms with Gasteiger partial charge in [0.2, 0.25) is 0 Å². The number of rotatable bonds is 3. The molecule has 0 radical (unpaired) electrons. The number of aromatic amines is 1. The second kappa shape index (κ2) is 5.60. The first-order valence-corrected chi connectivity index (χ1v) is 6.97. The van der Waals surface area contributed by atoms with Crippen LogP contribution in [0.2, 0.25) is 0 Å². The van der Waals surface area contributed by atoms with E-state index in [2.05, 4.69) is 10.3 Å². The van der Waals surface area contributed by atoms with Crippen molar-refractivity contribution < 1.29 is 0 Å². The Balaban J connectivity index is 2.32. The second-order valence-electron chi connectivity index (χ2n) is 6.11. The lowest BCUT2D eigenvalue weighted by Gasteiger charge is -2.22. The van der Waals surface area contributed by atoms with Crippen LogP contribution in [0.1, 0.15) is 39.3 Å². The molecule has 5 nitrogen and oxygen atoms in total. The molecule has 0 aliphatic heterocycles. The highest BCUT2D eigenvalue weighted by atomic mass is 16.2. The highest BCUT2D eigenvalue weighted by molar-refractivity contribution is 5.36. The lowest BCUT2D eigenvalue weighted by Crippen LogP contribution is -2.44. The van der Waals surface area contributed by atoms with Gasteiger partial charge in [0.1, 0.15) is 5.82 Å². The topological polar surface area (TPSA) is 66.9 Å². The number of anilines is 1. The highest BCUT2D eigenvalue weighted by Gasteiger charge is 2.18. The maximum Gasteiger partial charge on any atom is 0.330 e. The van der Waals surface area contributed by atoms with E-state index in [0.29, 0.717) is 5.82 Å². The highest BCUT2D eigenvalue weighted by Crippen LogP contribution is 2.16. The first-order valence-electron chi connectivity index (χ1n) is 6.97. The molecular weight excluding hydrogens is 266 g/mol. The van der Waals surface area contributed by atoms with Gasteiger partial charge in [0.25, 0.3) is 5.56 Å². The van der Waals surface area contributed by atoms with E-state index in [1.165, 1.54) is 10.6 Å². The van der Waals surface area contributed by atoms with Gasteiger partial charge in [-0.3, -0.25) is 14.3 Å². The van der Waals surface area contributed by atoms with Gasteiger partial charge in [0, 0.05) is 17.6 Å². The van der Waals surface area contributed by atoms with Crippen LogP contribution in [0.3, 0.4) is 0 Å². The fraction of sp³-hybridized carbons (Fsp3) is 0.375. The van der Waals surface area contributed by atoms with E-state index >= 15 is 0 Å². The molecule has 1 heterocycles. The van der Waals surface area contributed by atoms with Gasteiger partial charge in [-0.15, -0.1) is 0 Å². The summed E-state index contributed by atoms with van der Waals surface area (Å²) in [5.74, 6) is 0.432. The number of nitrogens with zero attached hydrogens (tertiary/aromatic N) is 1. The van der Waals surface area contributed by atoms with Gasteiger partial charge in [0.15, 0.2) is 0 Å². The minimum atomic E-state index is -0.547. The molecule has 21 heavy (non-hydrogen) atoms. The number of benzene rings is 1. The Kier molecular flexibility index (Phi) is 4.02. The Morgan fingerprint density at radius 2 is 1.76 bits per heavy atom. The standard InChI is InChI=1S/C16H21N3O2/c1-11(12-8-6-5-7-9-12)17-13-10-14(20)19(15(21)18-13)16(2,3)4/h5-11,17H,1-4H3,(H,18,21)/t11-/m0/s1. The smallest absolute Gasteiger partial charge is 0.330 e. The first kappa shape index (κ1) is 15.1. The Morgan fingerprint density at radius 3 is 2.29 bits per heavy atom. The minimum absolute atomic E-state index is 0.00765. The van der Waals surface area contributed by atoms with E-state index in [4.69, 9.17) is 0 Å². The van der Waals surface area contributed by atoms with Gasteiger partial charge in [-0.1, -0.05) is 30.3 Å². The Hall–Kier alpha value is -2.30. The van der Waals surface area contributed by atoms with Crippen LogP contribution in [-0.4, -0.2) is 9.55 Å². The summed E-state index contributed by atoms with van der Waals surface area (Å²) in [5, 5.41) is 3.15. The maximum absolute atomic E-state index is 12.1. The van der Waals surface area contributed by atoms with Crippen molar-refractivity contribution in [3.05, 3.63) is 62.8 Å². The predicted molar refractivity (Wildman–Crippen MR) is 84.8 cm³/mol. The summed E-state index contributed by atoms with van der Waals surface area (Å²) in [6.07, 6.45) is 0. The van der Waals surface area contributed by atoms with Crippen LogP contribution in [0.5, 0.6) is 0 Å². The largest absolute Gasteiger partial charge is 0.365 e. The molecule has 0 bridgehead atoms. The maximum atomic E-state index is 12.1. The van der Waals surface area contributed by atoms with Crippen LogP contribution in [0.15, 0.2) is 46.0 Å². The van der Waals surface area contributed by atoms with Crippen LogP contribution in [-0.2, 0) is 5.54 Å². The molecule has 0 fully saturated rings. The molecule has 0 saturated carbocycles. The van der Waals surface area contributed by atoms with E-state index in [1.807, 2.05) is 58.0 Å². The molecule has 1 aromatic heterocycles. The number of H-pyrrole nitrogens is 1. The van der Waals surface area contributed by atoms with Crippen molar-refractivity contribution in [1.29, 1.82) is 0 Å². The van der Waals surface area contributed by atoms with E-state index in [1.54, 1.807) is 0 Å². The summed E-state index contributed by atoms with van der Waals surface area (Å²) >= 11 is 0. The summed E-state index contributed by atoms with van der Waals surface area (Å²) in [7, 11) is 0. The van der Waals surface area contributed by atoms with Gasteiger partial charge in [-0.05, 0) is 33.3 Å². The molecule has 112 valence electrons. The van der Waals surface area contributed by atoms with E-state index in [-0.39, 0.29) is 11.6 Å². The average molecular weight is 287 g/mol. The van der Waals surface area contributed by atoms with Gasteiger partial charge < -0.3 is 5.32 Å². The van der Waals surface area contributed by atoms with Crippen LogP contribution in [0, 0.1) is 0 Å². The Labute approximate surface area is 123 Å². The van der Waals surface area contributed by atoms with E-state index < -0.39 is 11.2 Å².